The highest BCUT2D eigenvalue weighted by atomic mass is 35.5. The average molecular weight is 872 g/mol. The number of anilines is 1. The number of aryl methyl sites for hydroxylation is 1. The zero-order valence-electron chi connectivity index (χ0n) is 39.6. The van der Waals surface area contributed by atoms with Gasteiger partial charge in [0.05, 0.1) is 16.3 Å². The van der Waals surface area contributed by atoms with Crippen molar-refractivity contribution in [3.63, 3.8) is 0 Å². The van der Waals surface area contributed by atoms with E-state index < -0.39 is 11.7 Å². The van der Waals surface area contributed by atoms with Gasteiger partial charge in [-0.05, 0) is 137 Å². The number of hydrogen-bond donors (Lipinski definition) is 1. The number of carbonyl (C=O) groups is 1. The van der Waals surface area contributed by atoms with Gasteiger partial charge in [0.15, 0.2) is 0 Å². The summed E-state index contributed by atoms with van der Waals surface area (Å²) in [5, 5.41) is 4.54. The van der Waals surface area contributed by atoms with E-state index in [1.54, 1.807) is 17.4 Å². The monoisotopic (exact) mass is 871 g/mol. The van der Waals surface area contributed by atoms with E-state index in [1.807, 2.05) is 37.9 Å². The number of likely N-dealkylation sites (tertiary alicyclic amines) is 1. The number of nitrogens with zero attached hydrogens (tertiary/aromatic N) is 1. The van der Waals surface area contributed by atoms with Crippen molar-refractivity contribution < 1.29 is 18.0 Å². The lowest BCUT2D eigenvalue weighted by molar-refractivity contribution is -0.137. The van der Waals surface area contributed by atoms with Gasteiger partial charge >= 0.3 is 6.18 Å². The van der Waals surface area contributed by atoms with E-state index in [4.69, 9.17) is 11.6 Å². The highest BCUT2D eigenvalue weighted by Gasteiger charge is 2.34. The molecule has 0 amide bonds. The first-order chi connectivity index (χ1) is 28.4. The molecule has 1 aromatic carbocycles. The summed E-state index contributed by atoms with van der Waals surface area (Å²) in [6.45, 7) is 26.4. The van der Waals surface area contributed by atoms with Crippen molar-refractivity contribution in [2.75, 3.05) is 32.0 Å². The maximum Gasteiger partial charge on any atom is 0.418 e. The molecule has 1 aromatic rings. The molecule has 1 saturated heterocycles. The maximum absolute atomic E-state index is 12.5. The minimum atomic E-state index is -4.38. The topological polar surface area (TPSA) is 32.3 Å². The minimum Gasteiger partial charge on any atom is -0.386 e. The number of alkyl halides is 3. The summed E-state index contributed by atoms with van der Waals surface area (Å²) in [5.74, 6) is 3.03. The normalized spacial score (nSPS) is 15.8. The second-order valence-corrected chi connectivity index (χ2v) is 17.4. The summed E-state index contributed by atoms with van der Waals surface area (Å²) in [4.78, 5) is 14.5. The number of rotatable bonds is 21. The van der Waals surface area contributed by atoms with Crippen molar-refractivity contribution in [2.24, 2.45) is 17.8 Å². The fourth-order valence-electron chi connectivity index (χ4n) is 8.07. The van der Waals surface area contributed by atoms with E-state index in [0.717, 1.165) is 49.5 Å². The van der Waals surface area contributed by atoms with Gasteiger partial charge in [-0.1, -0.05) is 155 Å². The van der Waals surface area contributed by atoms with Gasteiger partial charge in [0.25, 0.3) is 0 Å². The molecule has 0 bridgehead atoms. The number of thioether (sulfide) groups is 1. The molecular formula is C51H90ClF3N2OS. The third-order valence-corrected chi connectivity index (χ3v) is 12.6. The summed E-state index contributed by atoms with van der Waals surface area (Å²) in [7, 11) is 1.41. The summed E-state index contributed by atoms with van der Waals surface area (Å²) in [6.07, 6.45) is 28.8. The van der Waals surface area contributed by atoms with Crippen molar-refractivity contribution in [3.05, 3.63) is 62.9 Å². The van der Waals surface area contributed by atoms with E-state index in [9.17, 15) is 18.0 Å². The second-order valence-electron chi connectivity index (χ2n) is 15.9. The molecule has 1 aliphatic carbocycles. The fourth-order valence-corrected chi connectivity index (χ4v) is 9.29. The number of piperidine rings is 1. The lowest BCUT2D eigenvalue weighted by Gasteiger charge is -2.32. The Labute approximate surface area is 372 Å². The van der Waals surface area contributed by atoms with E-state index in [0.29, 0.717) is 12.0 Å². The number of aldehydes is 1. The number of nitrogens with one attached hydrogen (secondary N) is 1. The van der Waals surface area contributed by atoms with Crippen LogP contribution in [0.15, 0.2) is 46.8 Å². The Balaban J connectivity index is 0. The molecule has 3 nitrogen and oxygen atoms in total. The van der Waals surface area contributed by atoms with Crippen molar-refractivity contribution in [1.29, 1.82) is 0 Å². The summed E-state index contributed by atoms with van der Waals surface area (Å²) in [6, 6.07) is 2.56. The fraction of sp³-hybridized carbons (Fsp3) is 0.745. The van der Waals surface area contributed by atoms with Crippen molar-refractivity contribution in [3.8, 4) is 0 Å². The van der Waals surface area contributed by atoms with Crippen LogP contribution < -0.4 is 5.32 Å². The van der Waals surface area contributed by atoms with E-state index >= 15 is 0 Å². The molecule has 1 aliphatic heterocycles. The van der Waals surface area contributed by atoms with E-state index in [1.165, 1.54) is 142 Å². The van der Waals surface area contributed by atoms with Crippen molar-refractivity contribution >= 4 is 35.3 Å². The predicted octanol–water partition coefficient (Wildman–Crippen LogP) is 18.1. The lowest BCUT2D eigenvalue weighted by Crippen LogP contribution is -2.34. The molecule has 59 heavy (non-hydrogen) atoms. The van der Waals surface area contributed by atoms with Crippen LogP contribution in [0.3, 0.4) is 0 Å². The first-order valence-corrected chi connectivity index (χ1v) is 25.0. The van der Waals surface area contributed by atoms with E-state index in [2.05, 4.69) is 63.6 Å². The average Bonchev–Trinajstić information content (AvgIpc) is 3.23. The molecule has 2 fully saturated rings. The van der Waals surface area contributed by atoms with Gasteiger partial charge in [-0.25, -0.2) is 0 Å². The second kappa shape index (κ2) is 39.2. The highest BCUT2D eigenvalue weighted by molar-refractivity contribution is 8.05. The number of benzene rings is 1. The SMILES string of the molecule is C/C=C/CC.C=CS/C(CCC1CCN(CCCC=O)CC1)=C(\CC)CCCC.CC.CCCCC(CCC)C1CCCCC1.CNc1c(Cl)cc(C)cc1C(F)(F)F. The Kier molecular flexibility index (Phi) is 39.4. The molecular weight excluding hydrogens is 781 g/mol. The van der Waals surface area contributed by atoms with Crippen LogP contribution in [0.1, 0.15) is 201 Å². The maximum atomic E-state index is 12.5. The number of allylic oxidation sites excluding steroid dienone is 4. The van der Waals surface area contributed by atoms with Crippen molar-refractivity contribution in [1.82, 2.24) is 4.90 Å². The number of unbranched alkanes of at least 4 members (excludes halogenated alkanes) is 3. The molecule has 344 valence electrons. The van der Waals surface area contributed by atoms with Gasteiger partial charge in [-0.15, -0.1) is 11.8 Å². The molecule has 1 heterocycles. The largest absolute Gasteiger partial charge is 0.418 e. The molecule has 1 N–H and O–H groups in total. The molecule has 3 rings (SSSR count). The molecule has 1 unspecified atom stereocenters. The molecule has 8 heteroatoms. The first-order valence-electron chi connectivity index (χ1n) is 23.7. The molecule has 1 atom stereocenters. The smallest absolute Gasteiger partial charge is 0.386 e. The van der Waals surface area contributed by atoms with Crippen LogP contribution in [0.4, 0.5) is 18.9 Å². The van der Waals surface area contributed by atoms with Gasteiger partial charge in [0.1, 0.15) is 6.29 Å². The minimum absolute atomic E-state index is 0.0789. The number of halogens is 4. The quantitative estimate of drug-likeness (QED) is 0.0758. The Hall–Kier alpha value is -1.70. The molecule has 0 radical (unpaired) electrons. The molecule has 2 aliphatic rings. The Bertz CT molecular complexity index is 1220. The number of carbonyl (C=O) groups excluding carboxylic acids is 1. The van der Waals surface area contributed by atoms with Crippen LogP contribution in [-0.4, -0.2) is 37.9 Å². The van der Waals surface area contributed by atoms with Crippen molar-refractivity contribution in [2.45, 2.75) is 203 Å². The van der Waals surface area contributed by atoms with Gasteiger partial charge in [-0.3, -0.25) is 0 Å². The van der Waals surface area contributed by atoms with Crippen LogP contribution >= 0.6 is 23.4 Å². The van der Waals surface area contributed by atoms with Crippen LogP contribution in [-0.2, 0) is 11.0 Å². The Morgan fingerprint density at radius 1 is 0.949 bits per heavy atom. The van der Waals surface area contributed by atoms with E-state index in [-0.39, 0.29) is 10.7 Å². The van der Waals surface area contributed by atoms with Gasteiger partial charge in [0.2, 0.25) is 0 Å². The Morgan fingerprint density at radius 3 is 2.07 bits per heavy atom. The predicted molar refractivity (Wildman–Crippen MR) is 260 cm³/mol. The third kappa shape index (κ3) is 28.5. The lowest BCUT2D eigenvalue weighted by atomic mass is 9.76. The molecule has 0 spiro atoms. The third-order valence-electron chi connectivity index (χ3n) is 11.3. The highest BCUT2D eigenvalue weighted by Crippen LogP contribution is 2.39. The standard InChI is InChI=1S/C21H37NOS.C14H28.C9H9ClF3N.C5H10.C2H6/c1-4-7-10-20(5-2)21(24-6-3)12-11-19-13-16-22(17-14-19)15-8-9-18-23;1-3-5-10-13(9-4-2)14-11-7-6-8-12-14;1-5-3-6(9(11,12)13)8(14-2)7(10)4-5;1-3-5-4-2;1-2/h6,18-19H,3-5,7-17H2,1-2H3;13-14H,3-12H2,1-2H3;3-4,14H,1-2H3;3,5H,4H2,1-2H3;1-2H3/b21-20+;;;5-3+;. The zero-order valence-corrected chi connectivity index (χ0v) is 41.2. The number of hydrogen-bond acceptors (Lipinski definition) is 4. The summed E-state index contributed by atoms with van der Waals surface area (Å²) < 4.78 is 37.5. The van der Waals surface area contributed by atoms with Crippen LogP contribution in [0, 0.1) is 24.7 Å². The van der Waals surface area contributed by atoms with Crippen LogP contribution in [0.2, 0.25) is 5.02 Å². The summed E-state index contributed by atoms with van der Waals surface area (Å²) in [5.41, 5.74) is 1.34. The molecule has 0 aromatic heterocycles. The van der Waals surface area contributed by atoms with Crippen LogP contribution in [0.25, 0.3) is 0 Å². The van der Waals surface area contributed by atoms with Gasteiger partial charge in [-0.2, -0.15) is 13.2 Å². The first kappa shape index (κ1) is 59.4. The van der Waals surface area contributed by atoms with Crippen LogP contribution in [0.5, 0.6) is 0 Å². The van der Waals surface area contributed by atoms with Gasteiger partial charge < -0.3 is 15.0 Å². The Morgan fingerprint density at radius 2 is 1.59 bits per heavy atom. The molecule has 1 saturated carbocycles. The zero-order chi connectivity index (χ0) is 44.9. The summed E-state index contributed by atoms with van der Waals surface area (Å²) >= 11 is 7.54. The van der Waals surface area contributed by atoms with Gasteiger partial charge in [0, 0.05) is 13.5 Å².